The van der Waals surface area contributed by atoms with E-state index in [2.05, 4.69) is 40.4 Å². The van der Waals surface area contributed by atoms with Crippen LogP contribution in [0.4, 0.5) is 0 Å². The number of hydrogen-bond donors (Lipinski definition) is 0. The first-order chi connectivity index (χ1) is 7.65. The monoisotopic (exact) mass is 220 g/mol. The Bertz CT molecular complexity index is 386. The third-order valence-corrected chi connectivity index (χ3v) is 4.17. The lowest BCUT2D eigenvalue weighted by atomic mass is 9.88. The highest BCUT2D eigenvalue weighted by atomic mass is 15.4. The molecule has 16 heavy (non-hydrogen) atoms. The van der Waals surface area contributed by atoms with Gasteiger partial charge in [0.2, 0.25) is 0 Å². The number of rotatable bonds is 2. The summed E-state index contributed by atoms with van der Waals surface area (Å²) in [7, 11) is 4.33. The fourth-order valence-electron chi connectivity index (χ4n) is 3.01. The van der Waals surface area contributed by atoms with Gasteiger partial charge in [-0.3, -0.25) is 4.90 Å². The summed E-state index contributed by atoms with van der Waals surface area (Å²) in [5, 5.41) is 0. The molecule has 2 bridgehead atoms. The predicted molar refractivity (Wildman–Crippen MR) is 63.2 cm³/mol. The number of aromatic nitrogens is 2. The van der Waals surface area contributed by atoms with Crippen LogP contribution in [0.5, 0.6) is 0 Å². The van der Waals surface area contributed by atoms with E-state index in [1.165, 1.54) is 31.0 Å². The van der Waals surface area contributed by atoms with Crippen molar-refractivity contribution in [1.82, 2.24) is 19.4 Å². The molecule has 3 heterocycles. The van der Waals surface area contributed by atoms with Crippen LogP contribution < -0.4 is 0 Å². The lowest BCUT2D eigenvalue weighted by molar-refractivity contribution is -0.0686. The summed E-state index contributed by atoms with van der Waals surface area (Å²) in [6, 6.07) is 1.53. The topological polar surface area (TPSA) is 24.3 Å². The van der Waals surface area contributed by atoms with Crippen LogP contribution in [-0.2, 0) is 13.6 Å². The molecule has 3 rings (SSSR count). The van der Waals surface area contributed by atoms with Gasteiger partial charge in [0, 0.05) is 44.1 Å². The van der Waals surface area contributed by atoms with E-state index in [1.807, 2.05) is 6.20 Å². The van der Waals surface area contributed by atoms with Crippen molar-refractivity contribution in [1.29, 1.82) is 0 Å². The highest BCUT2D eigenvalue weighted by Crippen LogP contribution is 2.32. The minimum atomic E-state index is 0.765. The number of likely N-dealkylation sites (N-methyl/N-ethyl adjacent to an activating group) is 1. The first kappa shape index (κ1) is 10.3. The lowest BCUT2D eigenvalue weighted by Crippen LogP contribution is -2.67. The number of piperidine rings is 1. The molecule has 2 atom stereocenters. The summed E-state index contributed by atoms with van der Waals surface area (Å²) >= 11 is 0. The van der Waals surface area contributed by atoms with Gasteiger partial charge < -0.3 is 9.47 Å². The van der Waals surface area contributed by atoms with Gasteiger partial charge in [0.15, 0.2) is 0 Å². The fraction of sp³-hybridized carbons (Fsp3) is 0.750. The van der Waals surface area contributed by atoms with Crippen molar-refractivity contribution >= 4 is 0 Å². The molecule has 2 aliphatic rings. The average molecular weight is 220 g/mol. The fourth-order valence-corrected chi connectivity index (χ4v) is 3.01. The second-order valence-electron chi connectivity index (χ2n) is 5.31. The van der Waals surface area contributed by atoms with Gasteiger partial charge in [-0.1, -0.05) is 0 Å². The zero-order chi connectivity index (χ0) is 11.3. The van der Waals surface area contributed by atoms with Gasteiger partial charge in [0.1, 0.15) is 5.82 Å². The van der Waals surface area contributed by atoms with Crippen LogP contribution in [0.2, 0.25) is 0 Å². The van der Waals surface area contributed by atoms with Gasteiger partial charge in [-0.25, -0.2) is 4.98 Å². The Morgan fingerprint density at radius 3 is 2.56 bits per heavy atom. The molecule has 4 heteroatoms. The van der Waals surface area contributed by atoms with E-state index in [4.69, 9.17) is 0 Å². The molecule has 0 spiro atoms. The highest BCUT2D eigenvalue weighted by Gasteiger charge is 2.43. The maximum atomic E-state index is 4.49. The van der Waals surface area contributed by atoms with Crippen molar-refractivity contribution < 1.29 is 0 Å². The molecule has 1 aromatic rings. The summed E-state index contributed by atoms with van der Waals surface area (Å²) < 4.78 is 2.21. The Morgan fingerprint density at radius 1 is 1.31 bits per heavy atom. The second kappa shape index (κ2) is 3.57. The Balaban J connectivity index is 1.71. The second-order valence-corrected chi connectivity index (χ2v) is 5.31. The molecule has 0 radical (unpaired) electrons. The molecule has 88 valence electrons. The van der Waals surface area contributed by atoms with Crippen LogP contribution in [0.3, 0.4) is 0 Å². The molecule has 1 aromatic heterocycles. The summed E-state index contributed by atoms with van der Waals surface area (Å²) in [6.07, 6.45) is 3.35. The predicted octanol–water partition coefficient (Wildman–Crippen LogP) is 0.617. The highest BCUT2D eigenvalue weighted by molar-refractivity contribution is 5.06. The number of fused-ring (bicyclic) bond motifs is 2. The van der Waals surface area contributed by atoms with Gasteiger partial charge in [0.05, 0.1) is 6.54 Å². The van der Waals surface area contributed by atoms with Crippen molar-refractivity contribution in [3.63, 3.8) is 0 Å². The van der Waals surface area contributed by atoms with Crippen molar-refractivity contribution in [2.24, 2.45) is 7.05 Å². The summed E-state index contributed by atoms with van der Waals surface area (Å²) in [4.78, 5) is 9.55. The van der Waals surface area contributed by atoms with Crippen LogP contribution in [-0.4, -0.2) is 51.6 Å². The van der Waals surface area contributed by atoms with Crippen molar-refractivity contribution in [3.8, 4) is 0 Å². The third-order valence-electron chi connectivity index (χ3n) is 4.17. The van der Waals surface area contributed by atoms with E-state index in [-0.39, 0.29) is 0 Å². The van der Waals surface area contributed by atoms with Gasteiger partial charge in [0.25, 0.3) is 0 Å². The van der Waals surface area contributed by atoms with E-state index in [1.54, 1.807) is 0 Å². The normalized spacial score (nSPS) is 30.4. The Morgan fingerprint density at radius 2 is 2.00 bits per heavy atom. The van der Waals surface area contributed by atoms with Crippen LogP contribution in [0, 0.1) is 6.92 Å². The summed E-state index contributed by atoms with van der Waals surface area (Å²) in [6.45, 7) is 5.58. The van der Waals surface area contributed by atoms with Crippen LogP contribution in [0.15, 0.2) is 6.20 Å². The molecule has 0 aliphatic carbocycles. The van der Waals surface area contributed by atoms with Gasteiger partial charge in [-0.15, -0.1) is 0 Å². The minimum Gasteiger partial charge on any atom is -0.334 e. The minimum absolute atomic E-state index is 0.765. The Kier molecular flexibility index (Phi) is 2.30. The van der Waals surface area contributed by atoms with Gasteiger partial charge in [-0.2, -0.15) is 0 Å². The molecule has 2 unspecified atom stereocenters. The SMILES string of the molecule is Cc1cnc(CN2C3CC2CN(C)C3)n1C. The molecular weight excluding hydrogens is 200 g/mol. The summed E-state index contributed by atoms with van der Waals surface area (Å²) in [5.74, 6) is 1.21. The van der Waals surface area contributed by atoms with Crippen molar-refractivity contribution in [2.75, 3.05) is 20.1 Å². The standard InChI is InChI=1S/C12H20N4/c1-9-5-13-12(15(9)3)8-16-10-4-11(16)7-14(2)6-10/h5,10-11H,4,6-8H2,1-3H3. The van der Waals surface area contributed by atoms with E-state index in [9.17, 15) is 0 Å². The quantitative estimate of drug-likeness (QED) is 0.730. The van der Waals surface area contributed by atoms with E-state index < -0.39 is 0 Å². The lowest BCUT2D eigenvalue weighted by Gasteiger charge is -2.55. The van der Waals surface area contributed by atoms with Crippen LogP contribution in [0.25, 0.3) is 0 Å². The number of nitrogens with zero attached hydrogens (tertiary/aromatic N) is 4. The molecule has 0 aromatic carbocycles. The number of hydrogen-bond acceptors (Lipinski definition) is 3. The first-order valence-electron chi connectivity index (χ1n) is 6.06. The smallest absolute Gasteiger partial charge is 0.122 e. The maximum Gasteiger partial charge on any atom is 0.122 e. The van der Waals surface area contributed by atoms with Crippen molar-refractivity contribution in [2.45, 2.75) is 32.0 Å². The molecule has 2 fully saturated rings. The first-order valence-corrected chi connectivity index (χ1v) is 6.06. The molecule has 0 N–H and O–H groups in total. The number of piperazine rings is 1. The maximum absolute atomic E-state index is 4.49. The number of likely N-dealkylation sites (tertiary alicyclic amines) is 2. The van der Waals surface area contributed by atoms with E-state index in [0.717, 1.165) is 18.6 Å². The molecule has 2 aliphatic heterocycles. The number of aryl methyl sites for hydroxylation is 1. The van der Waals surface area contributed by atoms with Crippen LogP contribution in [0.1, 0.15) is 17.9 Å². The third kappa shape index (κ3) is 1.48. The molecule has 2 saturated heterocycles. The molecule has 0 saturated carbocycles. The Hall–Kier alpha value is -0.870. The molecule has 0 amide bonds. The van der Waals surface area contributed by atoms with E-state index in [0.29, 0.717) is 0 Å². The summed E-state index contributed by atoms with van der Waals surface area (Å²) in [5.41, 5.74) is 1.25. The van der Waals surface area contributed by atoms with Crippen molar-refractivity contribution in [3.05, 3.63) is 17.7 Å². The number of imidazole rings is 1. The zero-order valence-corrected chi connectivity index (χ0v) is 10.3. The van der Waals surface area contributed by atoms with Crippen LogP contribution >= 0.6 is 0 Å². The largest absolute Gasteiger partial charge is 0.334 e. The zero-order valence-electron chi connectivity index (χ0n) is 10.3. The van der Waals surface area contributed by atoms with E-state index >= 15 is 0 Å². The Labute approximate surface area is 96.9 Å². The molecule has 4 nitrogen and oxygen atoms in total. The van der Waals surface area contributed by atoms with Gasteiger partial charge >= 0.3 is 0 Å². The molecular formula is C12H20N4. The van der Waals surface area contributed by atoms with Gasteiger partial charge in [-0.05, 0) is 20.4 Å². The average Bonchev–Trinajstić information content (AvgIpc) is 2.56.